The summed E-state index contributed by atoms with van der Waals surface area (Å²) in [5.74, 6) is 0.0835. The maximum Gasteiger partial charge on any atom is 0.126 e. The zero-order valence-electron chi connectivity index (χ0n) is 46.1. The van der Waals surface area contributed by atoms with Crippen LogP contribution in [0, 0.1) is 55.4 Å². The molecular weight excluding hydrogens is 945 g/mol. The number of hydrogen-bond donors (Lipinski definition) is 4. The molecule has 9 rings (SSSR count). The summed E-state index contributed by atoms with van der Waals surface area (Å²) in [7, 11) is 6.48. The summed E-state index contributed by atoms with van der Waals surface area (Å²) in [6.45, 7) is 16.7. The van der Waals surface area contributed by atoms with Crippen molar-refractivity contribution in [1.82, 2.24) is 0 Å². The molecule has 0 fully saturated rings. The Labute approximate surface area is 449 Å². The fourth-order valence-electron chi connectivity index (χ4n) is 12.3. The van der Waals surface area contributed by atoms with Crippen molar-refractivity contribution in [3.8, 4) is 46.0 Å². The average molecular weight is 1020 g/mol. The predicted octanol–water partition coefficient (Wildman–Crippen LogP) is 15.4. The molecule has 0 aromatic heterocycles. The molecule has 0 spiro atoms. The fourth-order valence-corrected chi connectivity index (χ4v) is 12.3. The van der Waals surface area contributed by atoms with Crippen LogP contribution in [0.1, 0.15) is 154 Å². The molecule has 4 atom stereocenters. The molecule has 1 aliphatic rings. The van der Waals surface area contributed by atoms with Gasteiger partial charge in [0.15, 0.2) is 0 Å². The van der Waals surface area contributed by atoms with Crippen molar-refractivity contribution in [1.29, 1.82) is 0 Å². The van der Waals surface area contributed by atoms with E-state index in [0.29, 0.717) is 51.7 Å². The van der Waals surface area contributed by atoms with Crippen LogP contribution in [0.2, 0.25) is 0 Å². The number of rotatable bonds is 8. The quantitative estimate of drug-likeness (QED) is 0.119. The van der Waals surface area contributed by atoms with Crippen molar-refractivity contribution < 1.29 is 39.4 Å². The van der Waals surface area contributed by atoms with Gasteiger partial charge in [0.2, 0.25) is 0 Å². The monoisotopic (exact) mass is 1020 g/mol. The van der Waals surface area contributed by atoms with Crippen LogP contribution < -0.4 is 18.9 Å². The molecular formula is C68H72O8. The van der Waals surface area contributed by atoms with Gasteiger partial charge in [0.25, 0.3) is 0 Å². The molecule has 8 aromatic rings. The first kappa shape index (κ1) is 53.0. The van der Waals surface area contributed by atoms with E-state index in [0.717, 1.165) is 108 Å². The molecule has 392 valence electrons. The van der Waals surface area contributed by atoms with Gasteiger partial charge in [0, 0.05) is 86.9 Å². The lowest BCUT2D eigenvalue weighted by molar-refractivity contribution is 0.394. The van der Waals surface area contributed by atoms with Crippen LogP contribution in [0.5, 0.6) is 46.0 Å². The highest BCUT2D eigenvalue weighted by Crippen LogP contribution is 2.53. The molecule has 8 heteroatoms. The molecule has 0 amide bonds. The Morgan fingerprint density at radius 1 is 0.316 bits per heavy atom. The Morgan fingerprint density at radius 2 is 0.632 bits per heavy atom. The molecule has 1 aliphatic carbocycles. The summed E-state index contributed by atoms with van der Waals surface area (Å²) in [5, 5.41) is 49.7. The Hall–Kier alpha value is -7.84. The van der Waals surface area contributed by atoms with Crippen LogP contribution >= 0.6 is 0 Å². The SMILES string of the molecule is COc1cc(O)c2cc1C(c1ccc(C)cc1C)CCCCc1cc(c(OC)cc1O)C(c1ccc(C)cc1C)c1cc(c(OC)cc1O)C(c1ccc(C)cc1C)c1cc(c(OC)cc1O)C2c1ccc(C)cc1C. The Morgan fingerprint density at radius 3 is 0.987 bits per heavy atom. The minimum atomic E-state index is -0.684. The number of methoxy groups -OCH3 is 4. The van der Waals surface area contributed by atoms with E-state index in [1.807, 2.05) is 18.2 Å². The lowest BCUT2D eigenvalue weighted by Crippen LogP contribution is -2.14. The van der Waals surface area contributed by atoms with Gasteiger partial charge in [0.05, 0.1) is 28.4 Å². The van der Waals surface area contributed by atoms with Gasteiger partial charge in [-0.15, -0.1) is 0 Å². The molecule has 8 bridgehead atoms. The lowest BCUT2D eigenvalue weighted by atomic mass is 9.75. The second-order valence-corrected chi connectivity index (χ2v) is 21.2. The first-order valence-electron chi connectivity index (χ1n) is 26.4. The second kappa shape index (κ2) is 21.8. The van der Waals surface area contributed by atoms with Gasteiger partial charge in [-0.25, -0.2) is 0 Å². The maximum absolute atomic E-state index is 12.7. The third-order valence-electron chi connectivity index (χ3n) is 16.0. The zero-order chi connectivity index (χ0) is 54.3. The van der Waals surface area contributed by atoms with E-state index in [-0.39, 0.29) is 28.9 Å². The number of hydrogen-bond acceptors (Lipinski definition) is 8. The van der Waals surface area contributed by atoms with Crippen molar-refractivity contribution in [2.75, 3.05) is 28.4 Å². The molecule has 0 aliphatic heterocycles. The Bertz CT molecular complexity index is 3500. The molecule has 0 saturated heterocycles. The van der Waals surface area contributed by atoms with Crippen molar-refractivity contribution in [2.45, 2.75) is 105 Å². The van der Waals surface area contributed by atoms with Crippen LogP contribution in [-0.4, -0.2) is 48.9 Å². The first-order chi connectivity index (χ1) is 36.4. The number of phenols is 4. The van der Waals surface area contributed by atoms with Gasteiger partial charge < -0.3 is 39.4 Å². The maximum atomic E-state index is 12.7. The molecule has 8 aromatic carbocycles. The number of fused-ring (bicyclic) bond motifs is 8. The van der Waals surface area contributed by atoms with Gasteiger partial charge in [-0.2, -0.15) is 0 Å². The van der Waals surface area contributed by atoms with Gasteiger partial charge in [-0.05, 0) is 149 Å². The van der Waals surface area contributed by atoms with Crippen LogP contribution in [0.15, 0.2) is 121 Å². The summed E-state index contributed by atoms with van der Waals surface area (Å²) in [6.07, 6.45) is 2.84. The van der Waals surface area contributed by atoms with E-state index in [1.165, 1.54) is 0 Å². The van der Waals surface area contributed by atoms with Crippen LogP contribution in [0.4, 0.5) is 0 Å². The van der Waals surface area contributed by atoms with Crippen LogP contribution in [0.25, 0.3) is 0 Å². The highest BCUT2D eigenvalue weighted by molar-refractivity contribution is 5.67. The van der Waals surface area contributed by atoms with E-state index in [4.69, 9.17) is 18.9 Å². The van der Waals surface area contributed by atoms with Crippen LogP contribution in [-0.2, 0) is 6.42 Å². The average Bonchev–Trinajstić information content (AvgIpc) is 3.42. The largest absolute Gasteiger partial charge is 0.508 e. The summed E-state index contributed by atoms with van der Waals surface area (Å²) in [4.78, 5) is 0. The third-order valence-corrected chi connectivity index (χ3v) is 16.0. The molecule has 0 saturated carbocycles. The van der Waals surface area contributed by atoms with Gasteiger partial charge >= 0.3 is 0 Å². The predicted molar refractivity (Wildman–Crippen MR) is 305 cm³/mol. The Balaban J connectivity index is 1.45. The molecule has 4 N–H and O–H groups in total. The minimum absolute atomic E-state index is 0.00546. The standard InChI is InChI=1S/C68H72O8/c1-37-17-21-46(41(5)25-37)50-16-14-13-15-45-29-55(63(74-10)33-58(45)69)66(47-22-18-38(2)26-42(47)6)53-31-57(65(76-12)35-60(53)71)68(49-24-20-40(4)28-44(49)8)54-32-56(64(75-11)36-61(54)72)67(48-23-19-39(3)27-43(48)7)52-30-51(50)62(73-9)34-59(52)70/h17-36,50,66-72H,13-16H2,1-12H3. The second-order valence-electron chi connectivity index (χ2n) is 21.2. The highest BCUT2D eigenvalue weighted by Gasteiger charge is 2.35. The van der Waals surface area contributed by atoms with Crippen molar-refractivity contribution >= 4 is 0 Å². The van der Waals surface area contributed by atoms with Gasteiger partial charge in [-0.3, -0.25) is 0 Å². The van der Waals surface area contributed by atoms with E-state index >= 15 is 0 Å². The van der Waals surface area contributed by atoms with E-state index in [2.05, 4.69) is 134 Å². The summed E-state index contributed by atoms with van der Waals surface area (Å²) in [5.41, 5.74) is 18.3. The zero-order valence-corrected chi connectivity index (χ0v) is 46.1. The molecule has 4 unspecified atom stereocenters. The summed E-state index contributed by atoms with van der Waals surface area (Å²) in [6, 6.07) is 40.7. The third kappa shape index (κ3) is 10.1. The number of ether oxygens (including phenoxy) is 4. The minimum Gasteiger partial charge on any atom is -0.508 e. The number of aromatic hydroxyl groups is 4. The fraction of sp³-hybridized carbons (Fsp3) is 0.294. The number of phenolic OH excluding ortho intramolecular Hbond substituents is 4. The normalized spacial score (nSPS) is 16.7. The molecule has 8 nitrogen and oxygen atoms in total. The smallest absolute Gasteiger partial charge is 0.126 e. The van der Waals surface area contributed by atoms with E-state index in [9.17, 15) is 20.4 Å². The molecule has 0 heterocycles. The number of aryl methyl sites for hydroxylation is 9. The number of benzene rings is 8. The van der Waals surface area contributed by atoms with Crippen molar-refractivity contribution in [3.63, 3.8) is 0 Å². The highest BCUT2D eigenvalue weighted by atomic mass is 16.5. The summed E-state index contributed by atoms with van der Waals surface area (Å²) >= 11 is 0. The van der Waals surface area contributed by atoms with Gasteiger partial charge in [0.1, 0.15) is 46.0 Å². The van der Waals surface area contributed by atoms with E-state index < -0.39 is 17.8 Å². The van der Waals surface area contributed by atoms with Crippen molar-refractivity contribution in [3.05, 3.63) is 233 Å². The Kier molecular flexibility index (Phi) is 15.2. The summed E-state index contributed by atoms with van der Waals surface area (Å²) < 4.78 is 25.0. The first-order valence-corrected chi connectivity index (χ1v) is 26.4. The van der Waals surface area contributed by atoms with E-state index in [1.54, 1.807) is 52.7 Å². The molecule has 0 radical (unpaired) electrons. The molecule has 76 heavy (non-hydrogen) atoms. The van der Waals surface area contributed by atoms with Gasteiger partial charge in [-0.1, -0.05) is 101 Å². The lowest BCUT2D eigenvalue weighted by Gasteiger charge is -2.30. The van der Waals surface area contributed by atoms with Crippen LogP contribution in [0.3, 0.4) is 0 Å². The van der Waals surface area contributed by atoms with Crippen molar-refractivity contribution in [2.24, 2.45) is 0 Å². The topological polar surface area (TPSA) is 118 Å².